The molecule has 0 aliphatic heterocycles. The summed E-state index contributed by atoms with van der Waals surface area (Å²) in [5.74, 6) is 2.23. The van der Waals surface area contributed by atoms with Crippen LogP contribution in [0.2, 0.25) is 0 Å². The summed E-state index contributed by atoms with van der Waals surface area (Å²) in [6, 6.07) is 21.8. The highest BCUT2D eigenvalue weighted by Gasteiger charge is 2.47. The van der Waals surface area contributed by atoms with Gasteiger partial charge in [-0.3, -0.25) is 0 Å². The minimum atomic E-state index is 0.726. The topological polar surface area (TPSA) is 0 Å². The van der Waals surface area contributed by atoms with Gasteiger partial charge in [-0.25, -0.2) is 0 Å². The van der Waals surface area contributed by atoms with E-state index in [0.717, 1.165) is 17.8 Å². The van der Waals surface area contributed by atoms with Gasteiger partial charge in [-0.05, 0) is 28.9 Å². The average molecular weight is 208 g/mol. The van der Waals surface area contributed by atoms with Crippen molar-refractivity contribution in [1.82, 2.24) is 0 Å². The summed E-state index contributed by atoms with van der Waals surface area (Å²) < 4.78 is 0. The predicted octanol–water partition coefficient (Wildman–Crippen LogP) is 4.20. The monoisotopic (exact) mass is 208 g/mol. The van der Waals surface area contributed by atoms with Gasteiger partial charge in [0.25, 0.3) is 0 Å². The zero-order chi connectivity index (χ0) is 11.0. The molecule has 0 heterocycles. The van der Waals surface area contributed by atoms with Gasteiger partial charge in [0.05, 0.1) is 0 Å². The molecule has 0 saturated heterocycles. The maximum Gasteiger partial charge on any atom is -0.00586 e. The zero-order valence-electron chi connectivity index (χ0n) is 9.51. The standard InChI is InChI=1S/C16H16/c1-12-15(13-8-4-2-5-9-13)16(12)14-10-6-3-7-11-14/h2-12,15-16H,1H3. The molecule has 3 rings (SSSR count). The Balaban J connectivity index is 1.87. The second kappa shape index (κ2) is 3.79. The van der Waals surface area contributed by atoms with Gasteiger partial charge in [-0.1, -0.05) is 67.6 Å². The Morgan fingerprint density at radius 2 is 1.00 bits per heavy atom. The van der Waals surface area contributed by atoms with Crippen LogP contribution < -0.4 is 0 Å². The van der Waals surface area contributed by atoms with Gasteiger partial charge in [0, 0.05) is 0 Å². The third-order valence-corrected chi connectivity index (χ3v) is 3.75. The SMILES string of the molecule is CC1C(c2ccccc2)C1c1ccccc1. The van der Waals surface area contributed by atoms with Crippen molar-refractivity contribution in [2.45, 2.75) is 18.8 Å². The molecule has 2 aromatic carbocycles. The number of hydrogen-bond acceptors (Lipinski definition) is 0. The molecular weight excluding hydrogens is 192 g/mol. The summed E-state index contributed by atoms with van der Waals surface area (Å²) in [7, 11) is 0. The van der Waals surface area contributed by atoms with Crippen LogP contribution >= 0.6 is 0 Å². The van der Waals surface area contributed by atoms with E-state index in [1.54, 1.807) is 0 Å². The van der Waals surface area contributed by atoms with E-state index in [2.05, 4.69) is 67.6 Å². The second-order valence-electron chi connectivity index (χ2n) is 4.73. The zero-order valence-corrected chi connectivity index (χ0v) is 9.51. The molecule has 0 aromatic heterocycles. The average Bonchev–Trinajstić information content (AvgIpc) is 3.03. The Morgan fingerprint density at radius 1 is 0.625 bits per heavy atom. The van der Waals surface area contributed by atoms with Crippen molar-refractivity contribution in [3.8, 4) is 0 Å². The van der Waals surface area contributed by atoms with Crippen LogP contribution in [0.5, 0.6) is 0 Å². The van der Waals surface area contributed by atoms with E-state index in [1.807, 2.05) is 0 Å². The van der Waals surface area contributed by atoms with Crippen molar-refractivity contribution in [3.63, 3.8) is 0 Å². The van der Waals surface area contributed by atoms with Crippen LogP contribution in [0, 0.1) is 5.92 Å². The van der Waals surface area contributed by atoms with E-state index in [9.17, 15) is 0 Å². The Labute approximate surface area is 96.9 Å². The fourth-order valence-corrected chi connectivity index (χ4v) is 2.84. The third kappa shape index (κ3) is 1.55. The lowest BCUT2D eigenvalue weighted by Gasteiger charge is -2.00. The van der Waals surface area contributed by atoms with Crippen LogP contribution in [-0.2, 0) is 0 Å². The molecule has 0 radical (unpaired) electrons. The van der Waals surface area contributed by atoms with Crippen molar-refractivity contribution >= 4 is 0 Å². The molecule has 1 aliphatic carbocycles. The van der Waals surface area contributed by atoms with Crippen LogP contribution in [0.1, 0.15) is 29.9 Å². The van der Waals surface area contributed by atoms with Gasteiger partial charge < -0.3 is 0 Å². The molecule has 1 fully saturated rings. The smallest absolute Gasteiger partial charge is 0.00586 e. The van der Waals surface area contributed by atoms with Crippen molar-refractivity contribution < 1.29 is 0 Å². The Kier molecular flexibility index (Phi) is 2.28. The van der Waals surface area contributed by atoms with Gasteiger partial charge in [0.1, 0.15) is 0 Å². The van der Waals surface area contributed by atoms with Crippen molar-refractivity contribution in [1.29, 1.82) is 0 Å². The molecule has 0 heteroatoms. The van der Waals surface area contributed by atoms with Crippen LogP contribution in [0.25, 0.3) is 0 Å². The van der Waals surface area contributed by atoms with Crippen molar-refractivity contribution in [2.75, 3.05) is 0 Å². The van der Waals surface area contributed by atoms with Crippen LogP contribution in [0.3, 0.4) is 0 Å². The predicted molar refractivity (Wildman–Crippen MR) is 67.5 cm³/mol. The molecule has 80 valence electrons. The van der Waals surface area contributed by atoms with Crippen LogP contribution in [-0.4, -0.2) is 0 Å². The number of benzene rings is 2. The highest BCUT2D eigenvalue weighted by Crippen LogP contribution is 2.59. The van der Waals surface area contributed by atoms with Gasteiger partial charge in [0.15, 0.2) is 0 Å². The van der Waals surface area contributed by atoms with Crippen molar-refractivity contribution in [2.24, 2.45) is 5.92 Å². The molecular formula is C16H16. The summed E-state index contributed by atoms with van der Waals surface area (Å²) in [6.07, 6.45) is 0. The molecule has 0 N–H and O–H groups in total. The van der Waals surface area contributed by atoms with E-state index in [-0.39, 0.29) is 0 Å². The van der Waals surface area contributed by atoms with Gasteiger partial charge in [-0.2, -0.15) is 0 Å². The number of hydrogen-bond donors (Lipinski definition) is 0. The molecule has 1 saturated carbocycles. The molecule has 2 atom stereocenters. The summed E-state index contributed by atoms with van der Waals surface area (Å²) >= 11 is 0. The van der Waals surface area contributed by atoms with E-state index < -0.39 is 0 Å². The molecule has 0 amide bonds. The first-order valence-corrected chi connectivity index (χ1v) is 5.98. The summed E-state index contributed by atoms with van der Waals surface area (Å²) in [5.41, 5.74) is 2.98. The van der Waals surface area contributed by atoms with Crippen LogP contribution in [0.4, 0.5) is 0 Å². The van der Waals surface area contributed by atoms with Crippen LogP contribution in [0.15, 0.2) is 60.7 Å². The minimum Gasteiger partial charge on any atom is -0.0622 e. The Bertz CT molecular complexity index is 412. The lowest BCUT2D eigenvalue weighted by molar-refractivity contribution is 0.896. The first-order valence-electron chi connectivity index (χ1n) is 5.98. The summed E-state index contributed by atoms with van der Waals surface area (Å²) in [5, 5.41) is 0. The molecule has 2 aromatic rings. The lowest BCUT2D eigenvalue weighted by atomic mass is 10.0. The third-order valence-electron chi connectivity index (χ3n) is 3.75. The first kappa shape index (κ1) is 9.65. The molecule has 1 aliphatic rings. The number of rotatable bonds is 2. The first-order chi connectivity index (χ1) is 7.88. The maximum atomic E-state index is 2.36. The van der Waals surface area contributed by atoms with E-state index in [4.69, 9.17) is 0 Å². The van der Waals surface area contributed by atoms with Crippen molar-refractivity contribution in [3.05, 3.63) is 71.8 Å². The fourth-order valence-electron chi connectivity index (χ4n) is 2.84. The van der Waals surface area contributed by atoms with E-state index in [0.29, 0.717) is 0 Å². The normalized spacial score (nSPS) is 27.7. The molecule has 2 unspecified atom stereocenters. The minimum absolute atomic E-state index is 0.726. The summed E-state index contributed by atoms with van der Waals surface area (Å²) in [6.45, 7) is 2.36. The van der Waals surface area contributed by atoms with Gasteiger partial charge in [-0.15, -0.1) is 0 Å². The fraction of sp³-hybridized carbons (Fsp3) is 0.250. The van der Waals surface area contributed by atoms with E-state index >= 15 is 0 Å². The lowest BCUT2D eigenvalue weighted by Crippen LogP contribution is -1.82. The highest BCUT2D eigenvalue weighted by molar-refractivity contribution is 5.38. The Morgan fingerprint density at radius 3 is 1.38 bits per heavy atom. The molecule has 0 nitrogen and oxygen atoms in total. The van der Waals surface area contributed by atoms with Gasteiger partial charge >= 0.3 is 0 Å². The quantitative estimate of drug-likeness (QED) is 0.693. The Hall–Kier alpha value is -1.56. The largest absolute Gasteiger partial charge is 0.0622 e. The molecule has 0 spiro atoms. The summed E-state index contributed by atoms with van der Waals surface area (Å²) in [4.78, 5) is 0. The van der Waals surface area contributed by atoms with Gasteiger partial charge in [0.2, 0.25) is 0 Å². The molecule has 16 heavy (non-hydrogen) atoms. The molecule has 0 bridgehead atoms. The maximum absolute atomic E-state index is 2.36. The second-order valence-corrected chi connectivity index (χ2v) is 4.73. The highest BCUT2D eigenvalue weighted by atomic mass is 14.5. The van der Waals surface area contributed by atoms with E-state index in [1.165, 1.54) is 11.1 Å².